The summed E-state index contributed by atoms with van der Waals surface area (Å²) in [7, 11) is 0. The van der Waals surface area contributed by atoms with Crippen LogP contribution in [0.4, 0.5) is 0 Å². The molecule has 0 radical (unpaired) electrons. The number of carbonyl (C=O) groups excluding carboxylic acids is 1. The average molecular weight is 344 g/mol. The fourth-order valence-electron chi connectivity index (χ4n) is 2.05. The number of nitrogens with one attached hydrogen (secondary N) is 1. The summed E-state index contributed by atoms with van der Waals surface area (Å²) in [5, 5.41) is 6.35. The molecule has 0 bridgehead atoms. The first-order valence-corrected chi connectivity index (χ1v) is 8.33. The Morgan fingerprint density at radius 2 is 1.96 bits per heavy atom. The number of carbonyl (C=O) groups is 1. The molecule has 2 heterocycles. The Balaban J connectivity index is 1.55. The second-order valence-corrected chi connectivity index (χ2v) is 6.30. The number of hydrogen-bond donors (Lipinski definition) is 1. The van der Waals surface area contributed by atoms with E-state index in [0.717, 1.165) is 22.0 Å². The lowest BCUT2D eigenvalue weighted by molar-refractivity contribution is -0.120. The standard InChI is InChI=1S/C17H14ClN3OS/c18-13-6-4-12(5-7-13)9-16(22)20-10-17-21-15(11-23-17)14-3-1-2-8-19-14/h1-8,11H,9-10H2,(H,20,22). The molecule has 6 heteroatoms. The van der Waals surface area contributed by atoms with E-state index >= 15 is 0 Å². The quantitative estimate of drug-likeness (QED) is 0.768. The summed E-state index contributed by atoms with van der Waals surface area (Å²) >= 11 is 7.34. The molecule has 2 aromatic heterocycles. The summed E-state index contributed by atoms with van der Waals surface area (Å²) in [6.45, 7) is 0.421. The summed E-state index contributed by atoms with van der Waals surface area (Å²) in [6, 6.07) is 13.0. The molecule has 116 valence electrons. The van der Waals surface area contributed by atoms with Gasteiger partial charge in [0.2, 0.25) is 5.91 Å². The van der Waals surface area contributed by atoms with Gasteiger partial charge >= 0.3 is 0 Å². The molecule has 1 aromatic carbocycles. The van der Waals surface area contributed by atoms with Gasteiger partial charge in [-0.1, -0.05) is 29.8 Å². The van der Waals surface area contributed by atoms with Crippen LogP contribution in [0.5, 0.6) is 0 Å². The number of pyridine rings is 1. The smallest absolute Gasteiger partial charge is 0.224 e. The lowest BCUT2D eigenvalue weighted by atomic mass is 10.1. The van der Waals surface area contributed by atoms with Crippen LogP contribution in [0.25, 0.3) is 11.4 Å². The van der Waals surface area contributed by atoms with Gasteiger partial charge in [-0.2, -0.15) is 0 Å². The highest BCUT2D eigenvalue weighted by Gasteiger charge is 2.08. The van der Waals surface area contributed by atoms with Crippen LogP contribution in [0.15, 0.2) is 54.0 Å². The number of thiazole rings is 1. The predicted molar refractivity (Wildman–Crippen MR) is 92.3 cm³/mol. The topological polar surface area (TPSA) is 54.9 Å². The zero-order valence-corrected chi connectivity index (χ0v) is 13.8. The second kappa shape index (κ2) is 7.35. The third-order valence-electron chi connectivity index (χ3n) is 3.19. The molecule has 0 atom stereocenters. The van der Waals surface area contributed by atoms with Crippen LogP contribution in [0.3, 0.4) is 0 Å². The molecule has 3 aromatic rings. The monoisotopic (exact) mass is 343 g/mol. The van der Waals surface area contributed by atoms with E-state index in [0.29, 0.717) is 18.0 Å². The van der Waals surface area contributed by atoms with Crippen molar-refractivity contribution in [3.63, 3.8) is 0 Å². The van der Waals surface area contributed by atoms with E-state index in [1.165, 1.54) is 11.3 Å². The van der Waals surface area contributed by atoms with Gasteiger partial charge in [0.1, 0.15) is 5.01 Å². The van der Waals surface area contributed by atoms with E-state index < -0.39 is 0 Å². The van der Waals surface area contributed by atoms with Crippen molar-refractivity contribution in [2.24, 2.45) is 0 Å². The molecule has 0 fully saturated rings. The largest absolute Gasteiger partial charge is 0.349 e. The third-order valence-corrected chi connectivity index (χ3v) is 4.29. The van der Waals surface area contributed by atoms with Crippen LogP contribution in [0.2, 0.25) is 5.02 Å². The van der Waals surface area contributed by atoms with Gasteiger partial charge in [0.25, 0.3) is 0 Å². The highest BCUT2D eigenvalue weighted by atomic mass is 35.5. The van der Waals surface area contributed by atoms with Gasteiger partial charge in [-0.15, -0.1) is 11.3 Å². The maximum atomic E-state index is 12.0. The predicted octanol–water partition coefficient (Wildman–Crippen LogP) is 3.72. The van der Waals surface area contributed by atoms with Crippen LogP contribution < -0.4 is 5.32 Å². The number of rotatable bonds is 5. The molecule has 1 amide bonds. The second-order valence-electron chi connectivity index (χ2n) is 4.92. The number of halogens is 1. The molecule has 23 heavy (non-hydrogen) atoms. The number of nitrogens with zero attached hydrogens (tertiary/aromatic N) is 2. The third kappa shape index (κ3) is 4.37. The SMILES string of the molecule is O=C(Cc1ccc(Cl)cc1)NCc1nc(-c2ccccn2)cs1. The molecule has 0 unspecified atom stereocenters. The Morgan fingerprint density at radius 3 is 2.70 bits per heavy atom. The van der Waals surface area contributed by atoms with E-state index in [9.17, 15) is 4.79 Å². The molecular weight excluding hydrogens is 330 g/mol. The maximum absolute atomic E-state index is 12.0. The average Bonchev–Trinajstić information content (AvgIpc) is 3.05. The summed E-state index contributed by atoms with van der Waals surface area (Å²) in [4.78, 5) is 20.7. The van der Waals surface area contributed by atoms with E-state index in [4.69, 9.17) is 11.6 Å². The summed E-state index contributed by atoms with van der Waals surface area (Å²) in [5.41, 5.74) is 2.60. The Labute approximate surface area is 143 Å². The molecule has 0 aliphatic rings. The molecule has 0 spiro atoms. The maximum Gasteiger partial charge on any atom is 0.224 e. The Kier molecular flexibility index (Phi) is 5.00. The highest BCUT2D eigenvalue weighted by Crippen LogP contribution is 2.19. The summed E-state index contributed by atoms with van der Waals surface area (Å²) in [5.74, 6) is -0.0399. The van der Waals surface area contributed by atoms with Crippen molar-refractivity contribution in [2.45, 2.75) is 13.0 Å². The Bertz CT molecular complexity index is 787. The molecule has 0 aliphatic heterocycles. The Morgan fingerprint density at radius 1 is 1.13 bits per heavy atom. The molecule has 3 rings (SSSR count). The first-order chi connectivity index (χ1) is 11.2. The molecular formula is C17H14ClN3OS. The van der Waals surface area contributed by atoms with Crippen molar-refractivity contribution < 1.29 is 4.79 Å². The van der Waals surface area contributed by atoms with Crippen molar-refractivity contribution in [3.8, 4) is 11.4 Å². The fraction of sp³-hybridized carbons (Fsp3) is 0.118. The van der Waals surface area contributed by atoms with Crippen molar-refractivity contribution in [1.29, 1.82) is 0 Å². The van der Waals surface area contributed by atoms with Crippen molar-refractivity contribution >= 4 is 28.8 Å². The van der Waals surface area contributed by atoms with Crippen LogP contribution in [0.1, 0.15) is 10.6 Å². The molecule has 0 aliphatic carbocycles. The van der Waals surface area contributed by atoms with Crippen molar-refractivity contribution in [1.82, 2.24) is 15.3 Å². The van der Waals surface area contributed by atoms with Gasteiger partial charge in [0.05, 0.1) is 24.4 Å². The van der Waals surface area contributed by atoms with Crippen LogP contribution >= 0.6 is 22.9 Å². The molecule has 0 saturated carbocycles. The zero-order chi connectivity index (χ0) is 16.1. The fourth-order valence-corrected chi connectivity index (χ4v) is 2.90. The van der Waals surface area contributed by atoms with E-state index in [1.54, 1.807) is 18.3 Å². The van der Waals surface area contributed by atoms with E-state index in [-0.39, 0.29) is 5.91 Å². The van der Waals surface area contributed by atoms with Crippen molar-refractivity contribution in [2.75, 3.05) is 0 Å². The zero-order valence-electron chi connectivity index (χ0n) is 12.2. The first-order valence-electron chi connectivity index (χ1n) is 7.07. The minimum atomic E-state index is -0.0399. The highest BCUT2D eigenvalue weighted by molar-refractivity contribution is 7.09. The summed E-state index contributed by atoms with van der Waals surface area (Å²) < 4.78 is 0. The lowest BCUT2D eigenvalue weighted by Crippen LogP contribution is -2.24. The van der Waals surface area contributed by atoms with Crippen LogP contribution in [-0.2, 0) is 17.8 Å². The minimum absolute atomic E-state index is 0.0399. The Hall–Kier alpha value is -2.24. The molecule has 4 nitrogen and oxygen atoms in total. The minimum Gasteiger partial charge on any atom is -0.349 e. The molecule has 0 saturated heterocycles. The normalized spacial score (nSPS) is 10.5. The van der Waals surface area contributed by atoms with Crippen LogP contribution in [0, 0.1) is 0 Å². The van der Waals surface area contributed by atoms with Crippen molar-refractivity contribution in [3.05, 3.63) is 69.6 Å². The van der Waals surface area contributed by atoms with E-state index in [1.807, 2.05) is 35.7 Å². The lowest BCUT2D eigenvalue weighted by Gasteiger charge is -2.03. The first kappa shape index (κ1) is 15.6. The summed E-state index contributed by atoms with van der Waals surface area (Å²) in [6.07, 6.45) is 2.07. The number of amides is 1. The van der Waals surface area contributed by atoms with Gasteiger partial charge in [-0.05, 0) is 29.8 Å². The molecule has 1 N–H and O–H groups in total. The van der Waals surface area contributed by atoms with Gasteiger partial charge < -0.3 is 5.32 Å². The van der Waals surface area contributed by atoms with Gasteiger partial charge in [-0.3, -0.25) is 9.78 Å². The van der Waals surface area contributed by atoms with Gasteiger partial charge in [0, 0.05) is 16.6 Å². The van der Waals surface area contributed by atoms with E-state index in [2.05, 4.69) is 15.3 Å². The van der Waals surface area contributed by atoms with Crippen LogP contribution in [-0.4, -0.2) is 15.9 Å². The number of benzene rings is 1. The number of aromatic nitrogens is 2. The number of hydrogen-bond acceptors (Lipinski definition) is 4. The van der Waals surface area contributed by atoms with Gasteiger partial charge in [-0.25, -0.2) is 4.98 Å². The van der Waals surface area contributed by atoms with Gasteiger partial charge in [0.15, 0.2) is 0 Å².